The number of ether oxygens (including phenoxy) is 1. The second-order valence-corrected chi connectivity index (χ2v) is 4.57. The lowest BCUT2D eigenvalue weighted by Crippen LogP contribution is -1.90. The van der Waals surface area contributed by atoms with E-state index in [1.807, 2.05) is 48.5 Å². The predicted octanol–water partition coefficient (Wildman–Crippen LogP) is 3.90. The maximum atomic E-state index is 5.09. The van der Waals surface area contributed by atoms with E-state index in [0.717, 1.165) is 21.5 Å². The Balaban J connectivity index is 1.98. The van der Waals surface area contributed by atoms with E-state index >= 15 is 0 Å². The summed E-state index contributed by atoms with van der Waals surface area (Å²) < 4.78 is 6.11. The van der Waals surface area contributed by atoms with Crippen LogP contribution in [0.5, 0.6) is 5.75 Å². The molecule has 0 heterocycles. The zero-order chi connectivity index (χ0) is 12.8. The largest absolute Gasteiger partial charge is 0.497 e. The first kappa shape index (κ1) is 12.6. The summed E-state index contributed by atoms with van der Waals surface area (Å²) in [7, 11) is 1.65. The molecule has 92 valence electrons. The van der Waals surface area contributed by atoms with E-state index < -0.39 is 0 Å². The number of rotatable bonds is 4. The highest BCUT2D eigenvalue weighted by Crippen LogP contribution is 2.15. The maximum absolute atomic E-state index is 5.09. The Morgan fingerprint density at radius 2 is 1.94 bits per heavy atom. The van der Waals surface area contributed by atoms with Crippen molar-refractivity contribution >= 4 is 27.8 Å². The third-order valence-electron chi connectivity index (χ3n) is 2.35. The summed E-state index contributed by atoms with van der Waals surface area (Å²) >= 11 is 3.41. The topological polar surface area (TPSA) is 33.6 Å². The number of hydrogen-bond donors (Lipinski definition) is 1. The fraction of sp³-hybridized carbons (Fsp3) is 0.0714. The van der Waals surface area contributed by atoms with Crippen molar-refractivity contribution in [1.82, 2.24) is 0 Å². The zero-order valence-electron chi connectivity index (χ0n) is 9.93. The second-order valence-electron chi connectivity index (χ2n) is 3.65. The summed E-state index contributed by atoms with van der Waals surface area (Å²) in [5, 5.41) is 4.17. The molecule has 18 heavy (non-hydrogen) atoms. The molecule has 0 radical (unpaired) electrons. The molecule has 0 aliphatic heterocycles. The van der Waals surface area contributed by atoms with Gasteiger partial charge < -0.3 is 4.74 Å². The molecule has 0 bridgehead atoms. The first-order chi connectivity index (χ1) is 8.78. The second kappa shape index (κ2) is 6.21. The first-order valence-electron chi connectivity index (χ1n) is 5.46. The van der Waals surface area contributed by atoms with Gasteiger partial charge in [0.2, 0.25) is 0 Å². The number of hydrogen-bond acceptors (Lipinski definition) is 3. The van der Waals surface area contributed by atoms with E-state index in [-0.39, 0.29) is 0 Å². The van der Waals surface area contributed by atoms with Crippen LogP contribution in [0.1, 0.15) is 5.56 Å². The van der Waals surface area contributed by atoms with Gasteiger partial charge in [-0.15, -0.1) is 0 Å². The highest BCUT2D eigenvalue weighted by atomic mass is 79.9. The molecule has 0 saturated heterocycles. The van der Waals surface area contributed by atoms with Gasteiger partial charge in [-0.05, 0) is 48.0 Å². The molecule has 4 heteroatoms. The minimum Gasteiger partial charge on any atom is -0.497 e. The number of nitrogens with one attached hydrogen (secondary N) is 1. The van der Waals surface area contributed by atoms with Gasteiger partial charge in [-0.3, -0.25) is 5.43 Å². The average molecular weight is 305 g/mol. The Hall–Kier alpha value is -1.81. The third kappa shape index (κ3) is 3.60. The number of methoxy groups -OCH3 is 1. The zero-order valence-corrected chi connectivity index (χ0v) is 11.5. The summed E-state index contributed by atoms with van der Waals surface area (Å²) in [5.74, 6) is 0.840. The van der Waals surface area contributed by atoms with Gasteiger partial charge >= 0.3 is 0 Å². The third-order valence-corrected chi connectivity index (χ3v) is 2.84. The summed E-state index contributed by atoms with van der Waals surface area (Å²) in [6.45, 7) is 0. The minimum absolute atomic E-state index is 0.840. The predicted molar refractivity (Wildman–Crippen MR) is 78.4 cm³/mol. The normalized spacial score (nSPS) is 10.6. The Kier molecular flexibility index (Phi) is 4.36. The van der Waals surface area contributed by atoms with Gasteiger partial charge in [0.1, 0.15) is 5.75 Å². The lowest BCUT2D eigenvalue weighted by molar-refractivity contribution is 0.415. The fourth-order valence-corrected chi connectivity index (χ4v) is 1.83. The van der Waals surface area contributed by atoms with E-state index in [0.29, 0.717) is 0 Å². The standard InChI is InChI=1S/C14H13BrN2O/c1-18-14-7-5-11(6-8-14)10-16-17-13-4-2-3-12(15)9-13/h2-10,17H,1H3. The first-order valence-corrected chi connectivity index (χ1v) is 6.26. The van der Waals surface area contributed by atoms with Crippen LogP contribution in [0.2, 0.25) is 0 Å². The van der Waals surface area contributed by atoms with Crippen LogP contribution < -0.4 is 10.2 Å². The van der Waals surface area contributed by atoms with Crippen LogP contribution in [-0.2, 0) is 0 Å². The van der Waals surface area contributed by atoms with Crippen LogP contribution in [0.15, 0.2) is 58.1 Å². The van der Waals surface area contributed by atoms with Crippen molar-refractivity contribution in [2.24, 2.45) is 5.10 Å². The molecule has 2 aromatic rings. The highest BCUT2D eigenvalue weighted by Gasteiger charge is 1.92. The van der Waals surface area contributed by atoms with Crippen LogP contribution in [0, 0.1) is 0 Å². The minimum atomic E-state index is 0.840. The number of benzene rings is 2. The van der Waals surface area contributed by atoms with Gasteiger partial charge in [0, 0.05) is 4.47 Å². The molecule has 2 rings (SSSR count). The molecule has 0 amide bonds. The Morgan fingerprint density at radius 1 is 1.17 bits per heavy atom. The number of nitrogens with zero attached hydrogens (tertiary/aromatic N) is 1. The summed E-state index contributed by atoms with van der Waals surface area (Å²) in [6.07, 6.45) is 1.76. The smallest absolute Gasteiger partial charge is 0.118 e. The van der Waals surface area contributed by atoms with E-state index in [2.05, 4.69) is 26.5 Å². The monoisotopic (exact) mass is 304 g/mol. The Morgan fingerprint density at radius 3 is 2.61 bits per heavy atom. The van der Waals surface area contributed by atoms with Crippen LogP contribution in [0.3, 0.4) is 0 Å². The number of hydrazone groups is 1. The van der Waals surface area contributed by atoms with Crippen LogP contribution in [-0.4, -0.2) is 13.3 Å². The molecule has 0 unspecified atom stereocenters. The number of halogens is 1. The highest BCUT2D eigenvalue weighted by molar-refractivity contribution is 9.10. The van der Waals surface area contributed by atoms with Crippen LogP contribution in [0.25, 0.3) is 0 Å². The molecule has 3 nitrogen and oxygen atoms in total. The van der Waals surface area contributed by atoms with Gasteiger partial charge in [-0.25, -0.2) is 0 Å². The van der Waals surface area contributed by atoms with Crippen molar-refractivity contribution < 1.29 is 4.74 Å². The van der Waals surface area contributed by atoms with Crippen molar-refractivity contribution in [2.45, 2.75) is 0 Å². The maximum Gasteiger partial charge on any atom is 0.118 e. The molecule has 2 aromatic carbocycles. The number of anilines is 1. The molecule has 1 N–H and O–H groups in total. The van der Waals surface area contributed by atoms with Crippen molar-refractivity contribution in [3.05, 3.63) is 58.6 Å². The Labute approximate surface area is 115 Å². The molecular formula is C14H13BrN2O. The molecular weight excluding hydrogens is 292 g/mol. The van der Waals surface area contributed by atoms with Crippen molar-refractivity contribution in [2.75, 3.05) is 12.5 Å². The molecule has 0 fully saturated rings. The van der Waals surface area contributed by atoms with Gasteiger partial charge in [-0.2, -0.15) is 5.10 Å². The van der Waals surface area contributed by atoms with Gasteiger partial charge in [0.15, 0.2) is 0 Å². The van der Waals surface area contributed by atoms with Crippen LogP contribution in [0.4, 0.5) is 5.69 Å². The molecule has 0 spiro atoms. The Bertz CT molecular complexity index is 538. The summed E-state index contributed by atoms with van der Waals surface area (Å²) in [6, 6.07) is 15.5. The van der Waals surface area contributed by atoms with Crippen molar-refractivity contribution in [3.8, 4) is 5.75 Å². The lowest BCUT2D eigenvalue weighted by atomic mass is 10.2. The van der Waals surface area contributed by atoms with Gasteiger partial charge in [0.05, 0.1) is 19.0 Å². The fourth-order valence-electron chi connectivity index (χ4n) is 1.43. The molecule has 0 aliphatic carbocycles. The van der Waals surface area contributed by atoms with E-state index in [1.165, 1.54) is 0 Å². The quantitative estimate of drug-likeness (QED) is 0.686. The van der Waals surface area contributed by atoms with Gasteiger partial charge in [0.25, 0.3) is 0 Å². The molecule has 0 aliphatic rings. The molecule has 0 saturated carbocycles. The van der Waals surface area contributed by atoms with E-state index in [9.17, 15) is 0 Å². The molecule has 0 aromatic heterocycles. The SMILES string of the molecule is COc1ccc(C=NNc2cccc(Br)c2)cc1. The molecule has 0 atom stereocenters. The van der Waals surface area contributed by atoms with Crippen molar-refractivity contribution in [3.63, 3.8) is 0 Å². The summed E-state index contributed by atoms with van der Waals surface area (Å²) in [5.41, 5.74) is 4.92. The average Bonchev–Trinajstić information content (AvgIpc) is 2.40. The summed E-state index contributed by atoms with van der Waals surface area (Å²) in [4.78, 5) is 0. The van der Waals surface area contributed by atoms with Crippen molar-refractivity contribution in [1.29, 1.82) is 0 Å². The van der Waals surface area contributed by atoms with Crippen LogP contribution >= 0.6 is 15.9 Å². The lowest BCUT2D eigenvalue weighted by Gasteiger charge is -2.01. The van der Waals surface area contributed by atoms with Gasteiger partial charge in [-0.1, -0.05) is 22.0 Å². The van der Waals surface area contributed by atoms with E-state index in [4.69, 9.17) is 4.74 Å². The van der Waals surface area contributed by atoms with E-state index in [1.54, 1.807) is 13.3 Å².